The Morgan fingerprint density at radius 1 is 1.13 bits per heavy atom. The Morgan fingerprint density at radius 2 is 1.95 bits per heavy atom. The van der Waals surface area contributed by atoms with Crippen LogP contribution in [0.5, 0.6) is 5.75 Å². The first-order valence-electron chi connectivity index (χ1n) is 12.0. The Hall–Kier alpha value is -4.91. The average Bonchev–Trinajstić information content (AvgIpc) is 3.52. The van der Waals surface area contributed by atoms with Gasteiger partial charge in [0.2, 0.25) is 0 Å². The van der Waals surface area contributed by atoms with Gasteiger partial charge in [-0.2, -0.15) is 0 Å². The van der Waals surface area contributed by atoms with Crippen molar-refractivity contribution in [3.63, 3.8) is 0 Å². The van der Waals surface area contributed by atoms with E-state index in [4.69, 9.17) is 13.9 Å². The van der Waals surface area contributed by atoms with Gasteiger partial charge in [-0.1, -0.05) is 6.07 Å². The molecule has 2 aliphatic heterocycles. The second-order valence-electron chi connectivity index (χ2n) is 8.94. The van der Waals surface area contributed by atoms with Crippen molar-refractivity contribution in [3.8, 4) is 5.75 Å². The van der Waals surface area contributed by atoms with Crippen LogP contribution in [0.3, 0.4) is 0 Å². The number of amides is 3. The number of nitro groups is 1. The number of benzene rings is 2. The SMILES string of the molecule is O=C(CCN1C(=O)c2cccc([N+](=O)[O-])c2C1=O)Oc1ccc2cc(C(=O)NCC3CCCO3)c(=O)oc2c1. The Labute approximate surface area is 219 Å². The fraction of sp³-hybridized carbons (Fsp3) is 0.269. The molecule has 0 saturated carbocycles. The molecule has 1 aromatic heterocycles. The zero-order valence-electron chi connectivity index (χ0n) is 20.3. The van der Waals surface area contributed by atoms with E-state index in [1.807, 2.05) is 0 Å². The minimum atomic E-state index is -0.865. The molecule has 0 aliphatic carbocycles. The Balaban J connectivity index is 1.22. The molecule has 200 valence electrons. The average molecular weight is 535 g/mol. The summed E-state index contributed by atoms with van der Waals surface area (Å²) in [5.74, 6) is -2.96. The molecule has 2 aliphatic rings. The van der Waals surface area contributed by atoms with Gasteiger partial charge in [0, 0.05) is 37.2 Å². The van der Waals surface area contributed by atoms with E-state index in [9.17, 15) is 34.1 Å². The number of hydrogen-bond donors (Lipinski definition) is 1. The van der Waals surface area contributed by atoms with Crippen LogP contribution < -0.4 is 15.7 Å². The lowest BCUT2D eigenvalue weighted by atomic mass is 10.1. The zero-order valence-corrected chi connectivity index (χ0v) is 20.3. The summed E-state index contributed by atoms with van der Waals surface area (Å²) < 4.78 is 16.0. The van der Waals surface area contributed by atoms with Gasteiger partial charge in [-0.05, 0) is 37.1 Å². The molecule has 1 N–H and O–H groups in total. The van der Waals surface area contributed by atoms with Crippen molar-refractivity contribution in [1.82, 2.24) is 10.2 Å². The Bertz CT molecular complexity index is 1590. The fourth-order valence-electron chi connectivity index (χ4n) is 4.48. The van der Waals surface area contributed by atoms with Gasteiger partial charge in [0.15, 0.2) is 0 Å². The topological polar surface area (TPSA) is 175 Å². The van der Waals surface area contributed by atoms with Crippen LogP contribution in [0.25, 0.3) is 11.0 Å². The molecule has 0 spiro atoms. The maximum atomic E-state index is 12.6. The van der Waals surface area contributed by atoms with Crippen LogP contribution in [0.1, 0.15) is 50.3 Å². The number of ether oxygens (including phenoxy) is 2. The first-order valence-corrected chi connectivity index (χ1v) is 12.0. The van der Waals surface area contributed by atoms with Gasteiger partial charge >= 0.3 is 11.6 Å². The summed E-state index contributed by atoms with van der Waals surface area (Å²) in [7, 11) is 0. The van der Waals surface area contributed by atoms with Gasteiger partial charge in [0.25, 0.3) is 23.4 Å². The lowest BCUT2D eigenvalue weighted by molar-refractivity contribution is -0.385. The van der Waals surface area contributed by atoms with Crippen LogP contribution in [0.2, 0.25) is 0 Å². The minimum Gasteiger partial charge on any atom is -0.426 e. The van der Waals surface area contributed by atoms with Gasteiger partial charge < -0.3 is 19.2 Å². The Kier molecular flexibility index (Phi) is 6.90. The van der Waals surface area contributed by atoms with Crippen LogP contribution in [0.4, 0.5) is 5.69 Å². The zero-order chi connectivity index (χ0) is 27.7. The first kappa shape index (κ1) is 25.7. The lowest BCUT2D eigenvalue weighted by Gasteiger charge is -2.13. The third-order valence-electron chi connectivity index (χ3n) is 6.41. The van der Waals surface area contributed by atoms with E-state index < -0.39 is 39.9 Å². The number of nitrogens with one attached hydrogen (secondary N) is 1. The minimum absolute atomic E-state index is 0.0317. The number of nitrogens with zero attached hydrogens (tertiary/aromatic N) is 2. The van der Waals surface area contributed by atoms with Gasteiger partial charge in [-0.3, -0.25) is 34.2 Å². The van der Waals surface area contributed by atoms with E-state index in [1.54, 1.807) is 0 Å². The monoisotopic (exact) mass is 535 g/mol. The number of nitro benzene ring substituents is 1. The molecule has 0 radical (unpaired) electrons. The molecule has 1 fully saturated rings. The second kappa shape index (κ2) is 10.5. The molecule has 5 rings (SSSR count). The summed E-state index contributed by atoms with van der Waals surface area (Å²) in [6.45, 7) is 0.567. The largest absolute Gasteiger partial charge is 0.426 e. The van der Waals surface area contributed by atoms with Crippen LogP contribution in [-0.4, -0.2) is 59.3 Å². The van der Waals surface area contributed by atoms with Crippen molar-refractivity contribution < 1.29 is 38.0 Å². The number of carbonyl (C=O) groups excluding carboxylic acids is 4. The van der Waals surface area contributed by atoms with Crippen molar-refractivity contribution in [2.75, 3.05) is 19.7 Å². The van der Waals surface area contributed by atoms with E-state index in [0.29, 0.717) is 12.0 Å². The smallest absolute Gasteiger partial charge is 0.349 e. The molecule has 39 heavy (non-hydrogen) atoms. The molecule has 1 saturated heterocycles. The van der Waals surface area contributed by atoms with Crippen LogP contribution in [0.15, 0.2) is 51.7 Å². The van der Waals surface area contributed by atoms with Gasteiger partial charge in [0.05, 0.1) is 23.0 Å². The van der Waals surface area contributed by atoms with Crippen molar-refractivity contribution >= 4 is 40.3 Å². The molecule has 13 nitrogen and oxygen atoms in total. The summed E-state index contributed by atoms with van der Waals surface area (Å²) in [6, 6.07) is 9.34. The molecule has 3 amide bonds. The third kappa shape index (κ3) is 5.11. The summed E-state index contributed by atoms with van der Waals surface area (Å²) >= 11 is 0. The van der Waals surface area contributed by atoms with Crippen molar-refractivity contribution in [2.24, 2.45) is 0 Å². The van der Waals surface area contributed by atoms with E-state index in [2.05, 4.69) is 5.32 Å². The number of esters is 1. The number of rotatable bonds is 8. The molecular formula is C26H21N3O10. The third-order valence-corrected chi connectivity index (χ3v) is 6.41. The van der Waals surface area contributed by atoms with Gasteiger partial charge in [-0.15, -0.1) is 0 Å². The normalized spacial score (nSPS) is 16.4. The quantitative estimate of drug-likeness (QED) is 0.112. The molecule has 2 aromatic carbocycles. The van der Waals surface area contributed by atoms with Crippen LogP contribution >= 0.6 is 0 Å². The van der Waals surface area contributed by atoms with E-state index in [0.717, 1.165) is 23.8 Å². The number of fused-ring (bicyclic) bond motifs is 2. The van der Waals surface area contributed by atoms with Gasteiger partial charge in [0.1, 0.15) is 22.5 Å². The van der Waals surface area contributed by atoms with E-state index >= 15 is 0 Å². The molecule has 1 unspecified atom stereocenters. The number of imide groups is 1. The maximum absolute atomic E-state index is 12.6. The predicted molar refractivity (Wildman–Crippen MR) is 133 cm³/mol. The lowest BCUT2D eigenvalue weighted by Crippen LogP contribution is -2.34. The highest BCUT2D eigenvalue weighted by molar-refractivity contribution is 6.23. The predicted octanol–water partition coefficient (Wildman–Crippen LogP) is 2.20. The Morgan fingerprint density at radius 3 is 2.69 bits per heavy atom. The van der Waals surface area contributed by atoms with Crippen LogP contribution in [-0.2, 0) is 9.53 Å². The van der Waals surface area contributed by atoms with Crippen molar-refractivity contribution in [2.45, 2.75) is 25.4 Å². The molecule has 3 heterocycles. The van der Waals surface area contributed by atoms with E-state index in [1.165, 1.54) is 36.4 Å². The van der Waals surface area contributed by atoms with Crippen molar-refractivity contribution in [1.29, 1.82) is 0 Å². The second-order valence-corrected chi connectivity index (χ2v) is 8.94. The molecule has 13 heteroatoms. The summed E-state index contributed by atoms with van der Waals surface area (Å²) in [5.41, 5.74) is -1.87. The highest BCUT2D eigenvalue weighted by Gasteiger charge is 2.40. The number of carbonyl (C=O) groups is 4. The summed E-state index contributed by atoms with van der Waals surface area (Å²) in [4.78, 5) is 73.7. The molecule has 1 atom stereocenters. The van der Waals surface area contributed by atoms with E-state index in [-0.39, 0.29) is 53.6 Å². The maximum Gasteiger partial charge on any atom is 0.349 e. The number of hydrogen-bond acceptors (Lipinski definition) is 10. The first-order chi connectivity index (χ1) is 18.7. The van der Waals surface area contributed by atoms with Crippen molar-refractivity contribution in [3.05, 3.63) is 79.7 Å². The van der Waals surface area contributed by atoms with Gasteiger partial charge in [-0.25, -0.2) is 4.79 Å². The summed E-state index contributed by atoms with van der Waals surface area (Å²) in [6.07, 6.45) is 1.27. The highest BCUT2D eigenvalue weighted by Crippen LogP contribution is 2.31. The fourth-order valence-corrected chi connectivity index (χ4v) is 4.48. The highest BCUT2D eigenvalue weighted by atomic mass is 16.6. The standard InChI is InChI=1S/C26H21N3O10/c30-21(8-9-28-24(32)17-4-1-5-19(29(35)36)22(17)25(28)33)38-15-7-6-14-11-18(26(34)39-20(14)12-15)23(31)27-13-16-3-2-10-37-16/h1,4-7,11-12,16H,2-3,8-10,13H2,(H,27,31). The van der Waals surface area contributed by atoms with Crippen LogP contribution in [0, 0.1) is 10.1 Å². The molecule has 0 bridgehead atoms. The molecular weight excluding hydrogens is 514 g/mol. The molecule has 3 aromatic rings. The summed E-state index contributed by atoms with van der Waals surface area (Å²) in [5, 5.41) is 14.3.